The van der Waals surface area contributed by atoms with Gasteiger partial charge in [-0.15, -0.1) is 0 Å². The quantitative estimate of drug-likeness (QED) is 0.0898. The molecule has 6 aromatic rings. The number of hydrogen-bond donors (Lipinski definition) is 1. The van der Waals surface area contributed by atoms with Crippen molar-refractivity contribution in [2.45, 2.75) is 59.3 Å². The van der Waals surface area contributed by atoms with E-state index in [4.69, 9.17) is 23.7 Å². The highest BCUT2D eigenvalue weighted by Crippen LogP contribution is 2.34. The first-order valence-corrected chi connectivity index (χ1v) is 18.9. The third-order valence-electron chi connectivity index (χ3n) is 7.96. The first-order valence-electron chi connectivity index (χ1n) is 18.9. The van der Waals surface area contributed by atoms with Gasteiger partial charge in [-0.25, -0.2) is 8.78 Å². The van der Waals surface area contributed by atoms with Gasteiger partial charge in [0.25, 0.3) is 0 Å². The maximum Gasteiger partial charge on any atom is 0.225 e. The fourth-order valence-corrected chi connectivity index (χ4v) is 5.32. The van der Waals surface area contributed by atoms with Crippen LogP contribution in [0.1, 0.15) is 56.7 Å². The summed E-state index contributed by atoms with van der Waals surface area (Å²) in [6, 6.07) is 21.1. The van der Waals surface area contributed by atoms with Crippen molar-refractivity contribution < 1.29 is 59.5 Å². The van der Waals surface area contributed by atoms with E-state index in [0.717, 1.165) is 67.9 Å². The van der Waals surface area contributed by atoms with E-state index < -0.39 is 41.4 Å². The molecule has 326 valence electrons. The van der Waals surface area contributed by atoms with Crippen LogP contribution in [0, 0.1) is 41.4 Å². The zero-order valence-corrected chi connectivity index (χ0v) is 34.4. The van der Waals surface area contributed by atoms with Gasteiger partial charge in [0.1, 0.15) is 17.4 Å². The van der Waals surface area contributed by atoms with Crippen LogP contribution in [0.2, 0.25) is 0 Å². The highest BCUT2D eigenvalue weighted by Gasteiger charge is 2.12. The Labute approximate surface area is 349 Å². The Morgan fingerprint density at radius 1 is 0.426 bits per heavy atom. The molecule has 3 aromatic heterocycles. The molecule has 16 heteroatoms. The van der Waals surface area contributed by atoms with Gasteiger partial charge >= 0.3 is 0 Å². The van der Waals surface area contributed by atoms with E-state index >= 15 is 0 Å². The molecule has 61 heavy (non-hydrogen) atoms. The molecule has 0 aliphatic rings. The Morgan fingerprint density at radius 3 is 1.21 bits per heavy atom. The largest absolute Gasteiger partial charge is 0.504 e. The van der Waals surface area contributed by atoms with Crippen molar-refractivity contribution in [1.82, 2.24) is 15.0 Å². The third-order valence-corrected chi connectivity index (χ3v) is 7.96. The molecule has 0 saturated heterocycles. The summed E-state index contributed by atoms with van der Waals surface area (Å²) in [7, 11) is 4.59. The summed E-state index contributed by atoms with van der Waals surface area (Å²) in [5.41, 5.74) is 3.42. The van der Waals surface area contributed by atoms with Crippen LogP contribution in [-0.2, 0) is 19.3 Å². The van der Waals surface area contributed by atoms with Crippen LogP contribution in [0.3, 0.4) is 0 Å². The first-order chi connectivity index (χ1) is 29.2. The smallest absolute Gasteiger partial charge is 0.225 e. The molecule has 0 amide bonds. The SMILES string of the molecule is CCCc1ccc(O)c(OC)c1.CCCc1ccc(Oc2cc(F)cc(F)n2)c(OC)c1.CCCc1ccc(Oc2cc(F)nc(F)c2)c(OC)c1.Fc1cc(F)nc(F)c1. The zero-order chi connectivity index (χ0) is 44.9. The van der Waals surface area contributed by atoms with E-state index in [0.29, 0.717) is 46.9 Å². The minimum atomic E-state index is -1.15. The molecule has 0 bridgehead atoms. The molecule has 0 aliphatic heterocycles. The molecule has 6 rings (SSSR count). The molecular weight excluding hydrogens is 811 g/mol. The topological polar surface area (TPSA) is 105 Å². The molecule has 0 unspecified atom stereocenters. The number of nitrogens with zero attached hydrogens (tertiary/aromatic N) is 3. The minimum Gasteiger partial charge on any atom is -0.504 e. The summed E-state index contributed by atoms with van der Waals surface area (Å²) in [6.45, 7) is 6.29. The van der Waals surface area contributed by atoms with Gasteiger partial charge in [0, 0.05) is 36.4 Å². The summed E-state index contributed by atoms with van der Waals surface area (Å²) < 4.78 is 114. The van der Waals surface area contributed by atoms with Crippen molar-refractivity contribution in [2.24, 2.45) is 0 Å². The van der Waals surface area contributed by atoms with E-state index in [1.54, 1.807) is 25.3 Å². The van der Waals surface area contributed by atoms with Crippen LogP contribution in [0.5, 0.6) is 46.1 Å². The maximum atomic E-state index is 13.1. The predicted octanol–water partition coefficient (Wildman–Crippen LogP) is 12.1. The lowest BCUT2D eigenvalue weighted by molar-refractivity contribution is 0.368. The first kappa shape index (κ1) is 48.8. The van der Waals surface area contributed by atoms with Crippen molar-refractivity contribution in [3.05, 3.63) is 149 Å². The summed E-state index contributed by atoms with van der Waals surface area (Å²) >= 11 is 0. The predicted molar refractivity (Wildman–Crippen MR) is 215 cm³/mol. The Morgan fingerprint density at radius 2 is 0.803 bits per heavy atom. The minimum absolute atomic E-state index is 0.0385. The lowest BCUT2D eigenvalue weighted by Crippen LogP contribution is -1.96. The molecular formula is C45H46F7N3O6. The van der Waals surface area contributed by atoms with Crippen molar-refractivity contribution >= 4 is 0 Å². The van der Waals surface area contributed by atoms with Crippen LogP contribution in [-0.4, -0.2) is 41.4 Å². The second-order valence-corrected chi connectivity index (χ2v) is 12.8. The number of pyridine rings is 3. The van der Waals surface area contributed by atoms with Crippen molar-refractivity contribution in [2.75, 3.05) is 21.3 Å². The summed E-state index contributed by atoms with van der Waals surface area (Å²) in [4.78, 5) is 9.15. The van der Waals surface area contributed by atoms with E-state index in [-0.39, 0.29) is 17.4 Å². The third kappa shape index (κ3) is 16.9. The number of aryl methyl sites for hydroxylation is 3. The summed E-state index contributed by atoms with van der Waals surface area (Å²) in [5, 5.41) is 9.28. The van der Waals surface area contributed by atoms with Crippen LogP contribution in [0.15, 0.2) is 91.0 Å². The van der Waals surface area contributed by atoms with Gasteiger partial charge in [-0.05, 0) is 72.4 Å². The van der Waals surface area contributed by atoms with Gasteiger partial charge in [0.15, 0.2) is 34.5 Å². The van der Waals surface area contributed by atoms with Gasteiger partial charge in [-0.2, -0.15) is 36.9 Å². The number of hydrogen-bond acceptors (Lipinski definition) is 9. The standard InChI is InChI=1S/2C15H15F2NO2.C10H14O2.C5H2F3N/c1-3-4-10-5-6-12(13(7-10)19-2)20-11-8-14(16)18-15(17)9-11;1-3-4-10-5-6-12(13(7-10)19-2)20-15-9-11(16)8-14(17)18-15;1-3-4-8-5-6-9(11)10(7-8)12-2;6-3-1-4(7)9-5(8)2-3/h2*5-9H,3-4H2,1-2H3;5-7,11H,3-4H2,1-2H3;1-2H. The van der Waals surface area contributed by atoms with Crippen LogP contribution in [0.25, 0.3) is 0 Å². The van der Waals surface area contributed by atoms with Gasteiger partial charge in [0.05, 0.1) is 21.3 Å². The molecule has 9 nitrogen and oxygen atoms in total. The van der Waals surface area contributed by atoms with E-state index in [2.05, 4.69) is 35.7 Å². The Balaban J connectivity index is 0.000000227. The van der Waals surface area contributed by atoms with Gasteiger partial charge in [-0.3, -0.25) is 0 Å². The monoisotopic (exact) mass is 857 g/mol. The number of ether oxygens (including phenoxy) is 5. The van der Waals surface area contributed by atoms with E-state index in [9.17, 15) is 35.8 Å². The number of phenols is 1. The normalized spacial score (nSPS) is 10.2. The van der Waals surface area contributed by atoms with Gasteiger partial charge < -0.3 is 28.8 Å². The molecule has 1 N–H and O–H groups in total. The van der Waals surface area contributed by atoms with E-state index in [1.165, 1.54) is 19.8 Å². The van der Waals surface area contributed by atoms with Crippen LogP contribution < -0.4 is 23.7 Å². The number of aromatic nitrogens is 3. The molecule has 3 heterocycles. The second-order valence-electron chi connectivity index (χ2n) is 12.8. The molecule has 0 fully saturated rings. The van der Waals surface area contributed by atoms with Crippen LogP contribution in [0.4, 0.5) is 30.7 Å². The number of methoxy groups -OCH3 is 3. The fourth-order valence-electron chi connectivity index (χ4n) is 5.32. The van der Waals surface area contributed by atoms with Crippen molar-refractivity contribution in [3.63, 3.8) is 0 Å². The zero-order valence-electron chi connectivity index (χ0n) is 34.4. The molecule has 0 radical (unpaired) electrons. The average Bonchev–Trinajstić information content (AvgIpc) is 3.19. The number of benzene rings is 3. The number of rotatable bonds is 13. The molecule has 0 saturated carbocycles. The molecule has 0 aliphatic carbocycles. The fraction of sp³-hybridized carbons (Fsp3) is 0.267. The lowest BCUT2D eigenvalue weighted by Gasteiger charge is -2.11. The molecule has 3 aromatic carbocycles. The second kappa shape index (κ2) is 25.1. The van der Waals surface area contributed by atoms with Crippen molar-refractivity contribution in [1.29, 1.82) is 0 Å². The van der Waals surface area contributed by atoms with E-state index in [1.807, 2.05) is 36.4 Å². The van der Waals surface area contributed by atoms with Gasteiger partial charge in [0.2, 0.25) is 35.6 Å². The van der Waals surface area contributed by atoms with Crippen LogP contribution >= 0.6 is 0 Å². The highest BCUT2D eigenvalue weighted by molar-refractivity contribution is 5.46. The lowest BCUT2D eigenvalue weighted by atomic mass is 10.1. The van der Waals surface area contributed by atoms with Gasteiger partial charge in [-0.1, -0.05) is 58.2 Å². The Kier molecular flexibility index (Phi) is 20.1. The van der Waals surface area contributed by atoms with Crippen molar-refractivity contribution in [3.8, 4) is 46.1 Å². The maximum absolute atomic E-state index is 13.1. The highest BCUT2D eigenvalue weighted by atomic mass is 19.2. The molecule has 0 atom stereocenters. The number of aromatic hydroxyl groups is 1. The summed E-state index contributed by atoms with van der Waals surface area (Å²) in [5.74, 6) is -4.34. The summed E-state index contributed by atoms with van der Waals surface area (Å²) in [6.07, 6.45) is 6.01. The number of halogens is 7. The average molecular weight is 858 g/mol. The Hall–Kier alpha value is -6.58. The Bertz CT molecular complexity index is 2100. The number of phenolic OH excluding ortho intramolecular Hbond substituents is 1. The molecule has 0 spiro atoms.